The van der Waals surface area contributed by atoms with Crippen LogP contribution in [0.15, 0.2) is 207 Å². The second kappa shape index (κ2) is 14.1. The summed E-state index contributed by atoms with van der Waals surface area (Å²) in [6, 6.07) is 71.3. The molecule has 0 aliphatic rings. The number of hydrogen-bond donors (Lipinski definition) is 0. The number of para-hydroxylation sites is 1. The minimum Gasteiger partial charge on any atom is -0.308 e. The van der Waals surface area contributed by atoms with Gasteiger partial charge in [-0.05, 0) is 131 Å². The van der Waals surface area contributed by atoms with Crippen LogP contribution >= 0.6 is 0 Å². The highest BCUT2D eigenvalue weighted by molar-refractivity contribution is 6.25. The molecule has 0 aliphatic carbocycles. The van der Waals surface area contributed by atoms with Crippen LogP contribution in [-0.2, 0) is 0 Å². The molecule has 0 amide bonds. The number of rotatable bonds is 6. The molecular weight excluding hydrogens is 717 g/mol. The molecule has 1 heterocycles. The summed E-state index contributed by atoms with van der Waals surface area (Å²) in [6.45, 7) is 0. The van der Waals surface area contributed by atoms with E-state index in [0.29, 0.717) is 5.56 Å². The quantitative estimate of drug-likeness (QED) is 0.159. The van der Waals surface area contributed by atoms with Gasteiger partial charge in [0.25, 0.3) is 0 Å². The first-order valence-corrected chi connectivity index (χ1v) is 19.8. The lowest BCUT2D eigenvalue weighted by Crippen LogP contribution is -2.11. The molecule has 0 atom stereocenters. The van der Waals surface area contributed by atoms with Gasteiger partial charge in [0.15, 0.2) is 0 Å². The van der Waals surface area contributed by atoms with Crippen molar-refractivity contribution in [3.63, 3.8) is 0 Å². The van der Waals surface area contributed by atoms with E-state index < -0.39 is 0 Å². The molecule has 0 fully saturated rings. The van der Waals surface area contributed by atoms with Crippen molar-refractivity contribution < 1.29 is 0 Å². The smallest absolute Gasteiger partial charge is 0.113 e. The summed E-state index contributed by atoms with van der Waals surface area (Å²) in [5.74, 6) is 0. The van der Waals surface area contributed by atoms with Crippen molar-refractivity contribution >= 4 is 71.2 Å². The molecule has 4 heteroatoms. The van der Waals surface area contributed by atoms with Crippen LogP contribution in [-0.4, -0.2) is 9.97 Å². The van der Waals surface area contributed by atoms with Gasteiger partial charge < -0.3 is 4.90 Å². The predicted octanol–water partition coefficient (Wildman–Crippen LogP) is 14.6. The van der Waals surface area contributed by atoms with E-state index in [4.69, 9.17) is 4.98 Å². The zero-order valence-corrected chi connectivity index (χ0v) is 31.9. The maximum absolute atomic E-state index is 9.56. The molecule has 0 N–H and O–H groups in total. The molecule has 10 aromatic carbocycles. The van der Waals surface area contributed by atoms with E-state index in [-0.39, 0.29) is 0 Å². The Morgan fingerprint density at radius 1 is 0.407 bits per heavy atom. The molecule has 59 heavy (non-hydrogen) atoms. The number of nitriles is 1. The van der Waals surface area contributed by atoms with Crippen molar-refractivity contribution in [1.29, 1.82) is 5.26 Å². The predicted molar refractivity (Wildman–Crippen MR) is 245 cm³/mol. The fraction of sp³-hybridized carbons (Fsp3) is 0. The van der Waals surface area contributed by atoms with Crippen LogP contribution in [0.1, 0.15) is 5.56 Å². The Morgan fingerprint density at radius 2 is 0.915 bits per heavy atom. The Kier molecular flexibility index (Phi) is 8.17. The van der Waals surface area contributed by atoms with Gasteiger partial charge in [-0.15, -0.1) is 0 Å². The molecule has 0 saturated heterocycles. The summed E-state index contributed by atoms with van der Waals surface area (Å²) in [5, 5.41) is 19.4. The molecule has 0 aliphatic heterocycles. The molecule has 1 aromatic heterocycles. The Bertz CT molecular complexity index is 3440. The lowest BCUT2D eigenvalue weighted by molar-refractivity contribution is 1.25. The third kappa shape index (κ3) is 5.76. The minimum absolute atomic E-state index is 0.609. The van der Waals surface area contributed by atoms with Crippen LogP contribution in [0.2, 0.25) is 0 Å². The highest BCUT2D eigenvalue weighted by atomic mass is 15.1. The molecule has 0 radical (unpaired) electrons. The van der Waals surface area contributed by atoms with Gasteiger partial charge in [-0.3, -0.25) is 9.97 Å². The molecule has 0 unspecified atom stereocenters. The van der Waals surface area contributed by atoms with E-state index in [2.05, 4.69) is 174 Å². The Balaban J connectivity index is 1.14. The van der Waals surface area contributed by atoms with Crippen LogP contribution in [0.25, 0.3) is 87.5 Å². The SMILES string of the molecule is N#Cc1ccc(N(c2ccc(-c3ccc4c(-c5cccc6ccccc56)c5ccccc5c(-c5cccc6ccccc56)c4c3)cc2)c2cccc3nccnc23)cc1. The Labute approximate surface area is 341 Å². The van der Waals surface area contributed by atoms with Crippen molar-refractivity contribution in [2.75, 3.05) is 4.90 Å². The van der Waals surface area contributed by atoms with Gasteiger partial charge in [0.1, 0.15) is 5.52 Å². The summed E-state index contributed by atoms with van der Waals surface area (Å²) in [4.78, 5) is 11.5. The van der Waals surface area contributed by atoms with Crippen LogP contribution in [0.4, 0.5) is 17.1 Å². The molecule has 0 bridgehead atoms. The third-order valence-corrected chi connectivity index (χ3v) is 11.6. The standard InChI is InChI=1S/C55H34N4/c56-35-36-22-27-41(28-23-36)59(52-21-9-20-51-55(52)58-33-32-57-51)42-29-24-37(25-30-42)40-26-31-49-50(34-40)54(46-19-8-13-39-11-2-4-15-44(39)46)48-17-6-5-16-47(48)53(49)45-18-7-12-38-10-1-3-14-43(38)45/h1-34H. The molecule has 0 spiro atoms. The van der Waals surface area contributed by atoms with E-state index in [9.17, 15) is 5.26 Å². The first-order valence-electron chi connectivity index (χ1n) is 19.8. The number of hydrogen-bond acceptors (Lipinski definition) is 4. The van der Waals surface area contributed by atoms with Crippen LogP contribution in [0, 0.1) is 11.3 Å². The first kappa shape index (κ1) is 34.1. The highest BCUT2D eigenvalue weighted by Crippen LogP contribution is 2.48. The van der Waals surface area contributed by atoms with Gasteiger partial charge in [-0.2, -0.15) is 5.26 Å². The van der Waals surface area contributed by atoms with Crippen molar-refractivity contribution in [2.24, 2.45) is 0 Å². The molecular formula is C55H34N4. The summed E-state index contributed by atoms with van der Waals surface area (Å²) in [5.41, 5.74) is 12.2. The fourth-order valence-corrected chi connectivity index (χ4v) is 8.90. The van der Waals surface area contributed by atoms with E-state index in [1.165, 1.54) is 65.3 Å². The Morgan fingerprint density at radius 3 is 1.56 bits per heavy atom. The number of benzene rings is 10. The summed E-state index contributed by atoms with van der Waals surface area (Å²) in [6.07, 6.45) is 3.45. The van der Waals surface area contributed by atoms with E-state index in [1.54, 1.807) is 12.4 Å². The molecule has 4 nitrogen and oxygen atoms in total. The average Bonchev–Trinajstić information content (AvgIpc) is 3.31. The fourth-order valence-electron chi connectivity index (χ4n) is 8.90. The average molecular weight is 751 g/mol. The zero-order chi connectivity index (χ0) is 39.3. The first-order chi connectivity index (χ1) is 29.2. The van der Waals surface area contributed by atoms with Crippen molar-refractivity contribution in [3.05, 3.63) is 212 Å². The van der Waals surface area contributed by atoms with Gasteiger partial charge in [0, 0.05) is 23.8 Å². The normalized spacial score (nSPS) is 11.4. The van der Waals surface area contributed by atoms with Crippen molar-refractivity contribution in [2.45, 2.75) is 0 Å². The van der Waals surface area contributed by atoms with Crippen LogP contribution in [0.5, 0.6) is 0 Å². The maximum Gasteiger partial charge on any atom is 0.113 e. The van der Waals surface area contributed by atoms with E-state index in [1.807, 2.05) is 36.4 Å². The molecule has 274 valence electrons. The second-order valence-electron chi connectivity index (χ2n) is 14.9. The largest absolute Gasteiger partial charge is 0.308 e. The number of anilines is 3. The summed E-state index contributed by atoms with van der Waals surface area (Å²) in [7, 11) is 0. The molecule has 11 rings (SSSR count). The Hall–Kier alpha value is -8.13. The van der Waals surface area contributed by atoms with Crippen molar-refractivity contribution in [1.82, 2.24) is 9.97 Å². The number of aromatic nitrogens is 2. The topological polar surface area (TPSA) is 52.8 Å². The lowest BCUT2D eigenvalue weighted by Gasteiger charge is -2.26. The third-order valence-electron chi connectivity index (χ3n) is 11.6. The number of nitrogens with zero attached hydrogens (tertiary/aromatic N) is 4. The molecule has 0 saturated carbocycles. The maximum atomic E-state index is 9.56. The number of fused-ring (bicyclic) bond motifs is 5. The van der Waals surface area contributed by atoms with Gasteiger partial charge >= 0.3 is 0 Å². The summed E-state index contributed by atoms with van der Waals surface area (Å²) >= 11 is 0. The van der Waals surface area contributed by atoms with E-state index in [0.717, 1.165) is 39.2 Å². The van der Waals surface area contributed by atoms with Gasteiger partial charge in [0.05, 0.1) is 22.8 Å². The van der Waals surface area contributed by atoms with E-state index >= 15 is 0 Å². The zero-order valence-electron chi connectivity index (χ0n) is 31.9. The van der Waals surface area contributed by atoms with Crippen LogP contribution in [0.3, 0.4) is 0 Å². The van der Waals surface area contributed by atoms with Gasteiger partial charge in [0.2, 0.25) is 0 Å². The van der Waals surface area contributed by atoms with Crippen LogP contribution < -0.4 is 4.90 Å². The second-order valence-corrected chi connectivity index (χ2v) is 14.9. The minimum atomic E-state index is 0.609. The monoisotopic (exact) mass is 750 g/mol. The summed E-state index contributed by atoms with van der Waals surface area (Å²) < 4.78 is 0. The van der Waals surface area contributed by atoms with Gasteiger partial charge in [-0.25, -0.2) is 0 Å². The lowest BCUT2D eigenvalue weighted by atomic mass is 9.83. The highest BCUT2D eigenvalue weighted by Gasteiger charge is 2.21. The van der Waals surface area contributed by atoms with Crippen molar-refractivity contribution in [3.8, 4) is 39.4 Å². The van der Waals surface area contributed by atoms with Gasteiger partial charge in [-0.1, -0.05) is 140 Å². The molecule has 11 aromatic rings.